The number of imidazole rings is 2. The van der Waals surface area contributed by atoms with E-state index in [1.165, 1.54) is 39.2 Å². The van der Waals surface area contributed by atoms with Crippen molar-refractivity contribution >= 4 is 105 Å². The van der Waals surface area contributed by atoms with E-state index in [9.17, 15) is 43.2 Å². The Bertz CT molecular complexity index is 4240. The molecule has 19 N–H and O–H groups in total. The zero-order valence-electron chi connectivity index (χ0n) is 66.8. The van der Waals surface area contributed by atoms with Gasteiger partial charge in [-0.15, -0.1) is 0 Å². The van der Waals surface area contributed by atoms with Gasteiger partial charge in [-0.05, 0) is 110 Å². The van der Waals surface area contributed by atoms with Crippen LogP contribution in [0.15, 0.2) is 101 Å². The van der Waals surface area contributed by atoms with Gasteiger partial charge in [0, 0.05) is 127 Å². The minimum Gasteiger partial charge on any atom is -0.378 e. The number of anilines is 5. The Kier molecular flexibility index (Phi) is 40.0. The number of amides is 9. The lowest BCUT2D eigenvalue weighted by Crippen LogP contribution is -2.52. The highest BCUT2D eigenvalue weighted by molar-refractivity contribution is 6.30. The van der Waals surface area contributed by atoms with E-state index in [0.29, 0.717) is 122 Å². The van der Waals surface area contributed by atoms with Gasteiger partial charge in [0.1, 0.15) is 11.7 Å². The van der Waals surface area contributed by atoms with Crippen molar-refractivity contribution in [3.63, 3.8) is 0 Å². The second kappa shape index (κ2) is 50.4. The Labute approximate surface area is 683 Å². The Balaban J connectivity index is 0.637. The molecular weight excluding hydrogens is 1540 g/mol. The van der Waals surface area contributed by atoms with Gasteiger partial charge >= 0.3 is 0 Å². The number of halogens is 1. The number of aryl methyl sites for hydroxylation is 3. The molecule has 638 valence electrons. The normalized spacial score (nSPS) is 13.4. The van der Waals surface area contributed by atoms with Crippen LogP contribution in [0.4, 0.5) is 28.7 Å². The van der Waals surface area contributed by atoms with Crippen molar-refractivity contribution in [3.8, 4) is 11.1 Å². The summed E-state index contributed by atoms with van der Waals surface area (Å²) in [5.74, 6) is -4.41. The Morgan fingerprint density at radius 1 is 0.530 bits per heavy atom. The number of nitrogens with zero attached hydrogens (tertiary/aromatic N) is 8. The highest BCUT2D eigenvalue weighted by atomic mass is 35.5. The van der Waals surface area contributed by atoms with E-state index < -0.39 is 53.4 Å². The van der Waals surface area contributed by atoms with Crippen molar-refractivity contribution in [3.05, 3.63) is 125 Å². The first-order chi connectivity index (χ1) is 56.3. The molecule has 9 amide bonds. The molecule has 1 aliphatic rings. The third kappa shape index (κ3) is 32.8. The summed E-state index contributed by atoms with van der Waals surface area (Å²) < 4.78 is 48.9. The lowest BCUT2D eigenvalue weighted by molar-refractivity contribution is -0.130. The second-order valence-electron chi connectivity index (χ2n) is 26.9. The number of nitrogens with one attached hydrogen (secondary N) is 9. The van der Waals surface area contributed by atoms with E-state index in [1.54, 1.807) is 39.3 Å². The van der Waals surface area contributed by atoms with Gasteiger partial charge in [0.25, 0.3) is 23.6 Å². The van der Waals surface area contributed by atoms with Crippen LogP contribution in [-0.4, -0.2) is 252 Å². The number of nitrogens with two attached hydrogens (primary N) is 5. The number of benzene rings is 3. The van der Waals surface area contributed by atoms with Crippen LogP contribution in [0.5, 0.6) is 0 Å². The van der Waals surface area contributed by atoms with Crippen LogP contribution in [0.2, 0.25) is 5.02 Å². The topological polar surface area (TPSA) is 534 Å². The number of carbonyl (C=O) groups excluding carboxylic acids is 9. The van der Waals surface area contributed by atoms with E-state index in [-0.39, 0.29) is 142 Å². The van der Waals surface area contributed by atoms with Crippen molar-refractivity contribution in [2.45, 2.75) is 83.0 Å². The number of fused-ring (bicyclic) bond motifs is 1. The predicted molar refractivity (Wildman–Crippen MR) is 439 cm³/mol. The fourth-order valence-corrected chi connectivity index (χ4v) is 12.1. The molecule has 117 heavy (non-hydrogen) atoms. The zero-order chi connectivity index (χ0) is 84.4. The van der Waals surface area contributed by atoms with Gasteiger partial charge in [-0.2, -0.15) is 0 Å². The molecule has 4 atom stereocenters. The van der Waals surface area contributed by atoms with Gasteiger partial charge in [-0.1, -0.05) is 29.8 Å². The van der Waals surface area contributed by atoms with Gasteiger partial charge < -0.3 is 133 Å². The number of ether oxygens (including phenoxy) is 8. The lowest BCUT2D eigenvalue weighted by atomic mass is 9.88. The van der Waals surface area contributed by atoms with Crippen LogP contribution >= 0.6 is 11.6 Å². The standard InChI is InChI=1S/C77H111ClN22O17/c1-50-46-61(90-56-17-15-55(78)16-18-56)57-47-54(14-19-62(57)100(50)51(2)101)52-10-12-53(13-11-52)70(104)86-27-30-110-32-34-112-36-38-114-40-42-116-44-45-117-43-41-115-39-37-113-35-33-111-31-28-87-74(108)68-95-63(48-98(68)4)93-66(103)21-26-85-73(107)67-59(22-29-97(67)3)91-75(109)69-96-64(49-99(69)5)94-65(102)20-25-84-72(106)60(9-7-24-89-77(82)83)92-71(105)58(79)8-6-23-88-76(80)81/h10-19,22,29,47-50,58,60-61,90H,6-9,20-21,23-28,30-46,79H2,1-5H3,(H,84,106)(H,85,107)(H,86,104)(H,87,108)(H,91,109)(H,92,105)(H,93,103)(H,94,102)(H4,80,81,88)(H4,82,83,89)/t50-,58-,60-,61+/m0/s1. The summed E-state index contributed by atoms with van der Waals surface area (Å²) >= 11 is 6.14. The fraction of sp³-hybridized carbons (Fsp3) is 0.494. The molecule has 4 heterocycles. The largest absolute Gasteiger partial charge is 0.378 e. The second-order valence-corrected chi connectivity index (χ2v) is 27.3. The van der Waals surface area contributed by atoms with Crippen molar-refractivity contribution in [1.29, 1.82) is 0 Å². The first-order valence-electron chi connectivity index (χ1n) is 38.5. The molecule has 3 aromatic carbocycles. The molecule has 7 rings (SSSR count). The summed E-state index contributed by atoms with van der Waals surface area (Å²) in [6.45, 7) is 10.2. The lowest BCUT2D eigenvalue weighted by Gasteiger charge is -2.39. The van der Waals surface area contributed by atoms with Crippen LogP contribution in [0.25, 0.3) is 11.1 Å². The van der Waals surface area contributed by atoms with Gasteiger partial charge in [-0.25, -0.2) is 9.97 Å². The van der Waals surface area contributed by atoms with Gasteiger partial charge in [0.15, 0.2) is 23.6 Å². The quantitative estimate of drug-likeness (QED) is 0.0147. The van der Waals surface area contributed by atoms with Crippen molar-refractivity contribution < 1.29 is 81.0 Å². The maximum absolute atomic E-state index is 13.5. The number of aromatic nitrogens is 5. The highest BCUT2D eigenvalue weighted by Gasteiger charge is 2.33. The van der Waals surface area contributed by atoms with Crippen LogP contribution in [0.3, 0.4) is 0 Å². The van der Waals surface area contributed by atoms with Crippen LogP contribution in [-0.2, 0) is 83.0 Å². The number of hydrogen-bond acceptors (Lipinski definition) is 23. The number of hydrogen-bond donors (Lipinski definition) is 14. The van der Waals surface area contributed by atoms with Crippen LogP contribution in [0, 0.1) is 0 Å². The third-order valence-electron chi connectivity index (χ3n) is 17.8. The minimum absolute atomic E-state index is 0.00734. The smallest absolute Gasteiger partial charge is 0.291 e. The van der Waals surface area contributed by atoms with Crippen LogP contribution < -0.4 is 81.4 Å². The van der Waals surface area contributed by atoms with Gasteiger partial charge in [0.05, 0.1) is 123 Å². The first kappa shape index (κ1) is 93.0. The summed E-state index contributed by atoms with van der Waals surface area (Å²) in [6.07, 6.45) is 5.92. The molecule has 0 fully saturated rings. The van der Waals surface area contributed by atoms with E-state index >= 15 is 0 Å². The predicted octanol–water partition coefficient (Wildman–Crippen LogP) is 1.78. The fourth-order valence-electron chi connectivity index (χ4n) is 12.0. The highest BCUT2D eigenvalue weighted by Crippen LogP contribution is 2.41. The first-order valence-corrected chi connectivity index (χ1v) is 38.8. The maximum atomic E-state index is 13.5. The Morgan fingerprint density at radius 3 is 1.51 bits per heavy atom. The molecule has 40 heteroatoms. The third-order valence-corrected chi connectivity index (χ3v) is 18.0. The molecule has 0 spiro atoms. The van der Waals surface area contributed by atoms with E-state index in [4.69, 9.17) is 78.2 Å². The molecule has 0 saturated carbocycles. The average Bonchev–Trinajstić information content (AvgIpc) is 1.49. The molecule has 0 aliphatic carbocycles. The minimum atomic E-state index is -1.02. The van der Waals surface area contributed by atoms with Crippen molar-refractivity contribution in [2.75, 3.05) is 171 Å². The van der Waals surface area contributed by atoms with Gasteiger partial charge in [-0.3, -0.25) is 53.1 Å². The number of carbonyl (C=O) groups is 9. The molecule has 0 saturated heterocycles. The average molecular weight is 1650 g/mol. The molecule has 0 bridgehead atoms. The SMILES string of the molecule is CC(=O)N1c2ccc(-c3ccc(C(=O)NCCOCCOCCOCCOCCOCCOCCOCCOCCNC(=O)c4nc(NC(=O)CCNC(=O)c5c(NC(=O)c6nc(NC(=O)CCNC(=O)[C@H](CCCN=C(N)N)NC(=O)[C@@H](N)CCCN=C(N)N)cn6C)ccn5C)cn4C)cc3)cc2[C@H](Nc2ccc(Cl)cc2)C[C@@H]1C. The Morgan fingerprint density at radius 2 is 1.00 bits per heavy atom. The molecule has 1 aliphatic heterocycles. The van der Waals surface area contributed by atoms with Crippen molar-refractivity contribution in [2.24, 2.45) is 59.8 Å². The van der Waals surface area contributed by atoms with Crippen LogP contribution in [0.1, 0.15) is 112 Å². The Hall–Kier alpha value is -11.1. The summed E-state index contributed by atoms with van der Waals surface area (Å²) in [4.78, 5) is 136. The van der Waals surface area contributed by atoms with Gasteiger partial charge in [0.2, 0.25) is 41.2 Å². The summed E-state index contributed by atoms with van der Waals surface area (Å²) in [5, 5.41) is 25.7. The number of rotatable bonds is 54. The number of guanidine groups is 2. The summed E-state index contributed by atoms with van der Waals surface area (Å²) in [7, 11) is 4.71. The molecule has 0 radical (unpaired) electrons. The number of aliphatic imine (C=N–C) groups is 2. The molecular formula is C77H111ClN22O17. The zero-order valence-corrected chi connectivity index (χ0v) is 67.5. The van der Waals surface area contributed by atoms with E-state index in [0.717, 1.165) is 34.5 Å². The molecule has 0 unspecified atom stereocenters. The molecule has 39 nitrogen and oxygen atoms in total. The molecule has 3 aromatic heterocycles. The van der Waals surface area contributed by atoms with E-state index in [2.05, 4.69) is 80.8 Å². The van der Waals surface area contributed by atoms with E-state index in [1.807, 2.05) is 53.4 Å². The van der Waals surface area contributed by atoms with Crippen molar-refractivity contribution in [1.82, 2.24) is 50.3 Å². The maximum Gasteiger partial charge on any atom is 0.291 e. The summed E-state index contributed by atoms with van der Waals surface area (Å²) in [6, 6.07) is 20.7. The molecule has 6 aromatic rings. The monoisotopic (exact) mass is 1650 g/mol. The summed E-state index contributed by atoms with van der Waals surface area (Å²) in [5.41, 5.74) is 33.0.